The summed E-state index contributed by atoms with van der Waals surface area (Å²) >= 11 is 1.09. The molecule has 0 saturated carbocycles. The topological polar surface area (TPSA) is 92.4 Å². The molecule has 3 amide bonds. The van der Waals surface area contributed by atoms with Gasteiger partial charge in [0.25, 0.3) is 0 Å². The molecule has 37 heavy (non-hydrogen) atoms. The monoisotopic (exact) mass is 526 g/mol. The van der Waals surface area contributed by atoms with Crippen LogP contribution in [0.15, 0.2) is 78.0 Å². The van der Waals surface area contributed by atoms with Gasteiger partial charge in [0.2, 0.25) is 5.91 Å². The molecule has 0 fully saturated rings. The minimum Gasteiger partial charge on any atom is -0.455 e. The summed E-state index contributed by atoms with van der Waals surface area (Å²) in [6.07, 6.45) is 0.146. The number of thioether (sulfide) groups is 1. The van der Waals surface area contributed by atoms with Crippen molar-refractivity contribution in [2.75, 3.05) is 22.2 Å². The maximum atomic E-state index is 13.5. The first kappa shape index (κ1) is 25.8. The number of rotatable bonds is 6. The molecule has 1 aromatic heterocycles. The van der Waals surface area contributed by atoms with Crippen molar-refractivity contribution < 1.29 is 27.5 Å². The van der Waals surface area contributed by atoms with Crippen molar-refractivity contribution in [1.29, 1.82) is 0 Å². The Morgan fingerprint density at radius 2 is 1.57 bits per heavy atom. The maximum absolute atomic E-state index is 13.5. The molecule has 4 rings (SSSR count). The summed E-state index contributed by atoms with van der Waals surface area (Å²) < 4.78 is 46.5. The SMILES string of the molecule is CSc1c(NC(C)=O)cc(C(F)(F)F)cc1NC(=O)Nc1ccc(Oc2cccnc2)c2ccccc12. The number of pyridine rings is 1. The maximum Gasteiger partial charge on any atom is 0.416 e. The molecule has 0 aliphatic carbocycles. The van der Waals surface area contributed by atoms with Crippen LogP contribution >= 0.6 is 11.8 Å². The second-order valence-corrected chi connectivity index (χ2v) is 8.63. The smallest absolute Gasteiger partial charge is 0.416 e. The molecular formula is C26H21F3N4O3S. The number of nitrogens with zero attached hydrogens (tertiary/aromatic N) is 1. The number of hydrogen-bond acceptors (Lipinski definition) is 5. The Kier molecular flexibility index (Phi) is 7.53. The van der Waals surface area contributed by atoms with E-state index in [4.69, 9.17) is 4.74 Å². The molecule has 0 atom stereocenters. The van der Waals surface area contributed by atoms with E-state index in [2.05, 4.69) is 20.9 Å². The lowest BCUT2D eigenvalue weighted by molar-refractivity contribution is -0.137. The number of carbonyl (C=O) groups excluding carboxylic acids is 2. The Bertz CT molecular complexity index is 1460. The summed E-state index contributed by atoms with van der Waals surface area (Å²) in [6.45, 7) is 1.19. The first-order valence-corrected chi connectivity index (χ1v) is 12.1. The van der Waals surface area contributed by atoms with Crippen LogP contribution in [0.1, 0.15) is 12.5 Å². The molecule has 1 heterocycles. The zero-order chi connectivity index (χ0) is 26.6. The normalized spacial score (nSPS) is 11.2. The van der Waals surface area contributed by atoms with E-state index in [0.29, 0.717) is 28.0 Å². The summed E-state index contributed by atoms with van der Waals surface area (Å²) in [5.74, 6) is 0.539. The van der Waals surface area contributed by atoms with E-state index < -0.39 is 23.7 Å². The van der Waals surface area contributed by atoms with E-state index in [1.54, 1.807) is 55.0 Å². The minimum absolute atomic E-state index is 0.0486. The van der Waals surface area contributed by atoms with Crippen LogP contribution in [-0.4, -0.2) is 23.2 Å². The first-order chi connectivity index (χ1) is 17.7. The Balaban J connectivity index is 1.65. The molecule has 190 valence electrons. The van der Waals surface area contributed by atoms with E-state index >= 15 is 0 Å². The van der Waals surface area contributed by atoms with Crippen molar-refractivity contribution in [3.05, 3.63) is 78.6 Å². The van der Waals surface area contributed by atoms with Crippen LogP contribution in [0.3, 0.4) is 0 Å². The summed E-state index contributed by atoms with van der Waals surface area (Å²) in [4.78, 5) is 28.8. The number of ether oxygens (including phenoxy) is 1. The molecule has 0 unspecified atom stereocenters. The molecule has 4 aromatic rings. The zero-order valence-corrected chi connectivity index (χ0v) is 20.5. The molecule has 0 radical (unpaired) electrons. The van der Waals surface area contributed by atoms with Gasteiger partial charge >= 0.3 is 12.2 Å². The van der Waals surface area contributed by atoms with Crippen molar-refractivity contribution >= 4 is 51.5 Å². The third-order valence-electron chi connectivity index (χ3n) is 5.17. The van der Waals surface area contributed by atoms with E-state index in [0.717, 1.165) is 23.9 Å². The van der Waals surface area contributed by atoms with Crippen molar-refractivity contribution in [3.63, 3.8) is 0 Å². The largest absolute Gasteiger partial charge is 0.455 e. The number of hydrogen-bond donors (Lipinski definition) is 3. The molecule has 7 nitrogen and oxygen atoms in total. The standard InChI is InChI=1S/C26H21F3N4O3S/c1-15(34)31-21-12-16(26(27,28)29)13-22(24(21)37-2)33-25(35)32-20-9-10-23(19-8-4-3-7-18(19)20)36-17-6-5-11-30-14-17/h3-14H,1-2H3,(H,31,34)(H2,32,33,35). The molecule has 0 aliphatic rings. The molecule has 0 spiro atoms. The summed E-state index contributed by atoms with van der Waals surface area (Å²) in [7, 11) is 0. The molecule has 11 heteroatoms. The lowest BCUT2D eigenvalue weighted by Gasteiger charge is -2.18. The van der Waals surface area contributed by atoms with E-state index in [9.17, 15) is 22.8 Å². The third-order valence-corrected chi connectivity index (χ3v) is 6.02. The number of alkyl halides is 3. The molecule has 3 N–H and O–H groups in total. The van der Waals surface area contributed by atoms with Gasteiger partial charge < -0.3 is 20.7 Å². The molecular weight excluding hydrogens is 505 g/mol. The lowest BCUT2D eigenvalue weighted by atomic mass is 10.1. The average molecular weight is 527 g/mol. The van der Waals surface area contributed by atoms with Crippen molar-refractivity contribution in [2.45, 2.75) is 18.0 Å². The van der Waals surface area contributed by atoms with Gasteiger partial charge in [-0.1, -0.05) is 24.3 Å². The van der Waals surface area contributed by atoms with Gasteiger partial charge in [-0.2, -0.15) is 13.2 Å². The molecule has 3 aromatic carbocycles. The Morgan fingerprint density at radius 1 is 0.892 bits per heavy atom. The van der Waals surface area contributed by atoms with Gasteiger partial charge in [0.15, 0.2) is 0 Å². The Labute approximate surface area is 214 Å². The number of benzene rings is 3. The zero-order valence-electron chi connectivity index (χ0n) is 19.6. The molecule has 0 aliphatic heterocycles. The van der Waals surface area contributed by atoms with Crippen LogP contribution in [0.25, 0.3) is 10.8 Å². The predicted octanol–water partition coefficient (Wildman–Crippen LogP) is 7.37. The van der Waals surface area contributed by atoms with Gasteiger partial charge in [0, 0.05) is 23.9 Å². The van der Waals surface area contributed by atoms with Crippen LogP contribution in [-0.2, 0) is 11.0 Å². The summed E-state index contributed by atoms with van der Waals surface area (Å²) in [5, 5.41) is 8.96. The highest BCUT2D eigenvalue weighted by atomic mass is 32.2. The average Bonchev–Trinajstić information content (AvgIpc) is 2.85. The van der Waals surface area contributed by atoms with Gasteiger partial charge in [-0.25, -0.2) is 4.79 Å². The van der Waals surface area contributed by atoms with Crippen LogP contribution in [0.4, 0.5) is 35.0 Å². The highest BCUT2D eigenvalue weighted by Crippen LogP contribution is 2.40. The number of amides is 3. The number of carbonyl (C=O) groups is 2. The third kappa shape index (κ3) is 6.12. The number of fused-ring (bicyclic) bond motifs is 1. The van der Waals surface area contributed by atoms with Crippen molar-refractivity contribution in [3.8, 4) is 11.5 Å². The highest BCUT2D eigenvalue weighted by molar-refractivity contribution is 7.99. The quantitative estimate of drug-likeness (QED) is 0.228. The van der Waals surface area contributed by atoms with Gasteiger partial charge in [-0.05, 0) is 42.7 Å². The highest BCUT2D eigenvalue weighted by Gasteiger charge is 2.32. The van der Waals surface area contributed by atoms with Gasteiger partial charge in [0.05, 0.1) is 33.7 Å². The minimum atomic E-state index is -4.68. The van der Waals surface area contributed by atoms with Crippen LogP contribution in [0, 0.1) is 0 Å². The lowest BCUT2D eigenvalue weighted by Crippen LogP contribution is -2.21. The van der Waals surface area contributed by atoms with Crippen LogP contribution in [0.5, 0.6) is 11.5 Å². The fourth-order valence-corrected chi connectivity index (χ4v) is 4.33. The number of anilines is 3. The van der Waals surface area contributed by atoms with Crippen molar-refractivity contribution in [2.24, 2.45) is 0 Å². The predicted molar refractivity (Wildman–Crippen MR) is 138 cm³/mol. The first-order valence-electron chi connectivity index (χ1n) is 10.9. The van der Waals surface area contributed by atoms with E-state index in [1.165, 1.54) is 6.92 Å². The van der Waals surface area contributed by atoms with Gasteiger partial charge in [-0.15, -0.1) is 11.8 Å². The number of urea groups is 1. The van der Waals surface area contributed by atoms with Gasteiger partial charge in [0.1, 0.15) is 11.5 Å². The van der Waals surface area contributed by atoms with Crippen LogP contribution in [0.2, 0.25) is 0 Å². The van der Waals surface area contributed by atoms with E-state index in [1.807, 2.05) is 12.1 Å². The Hall–Kier alpha value is -4.25. The summed E-state index contributed by atoms with van der Waals surface area (Å²) in [6, 6.07) is 14.9. The molecule has 0 saturated heterocycles. The number of nitrogens with one attached hydrogen (secondary N) is 3. The fraction of sp³-hybridized carbons (Fsp3) is 0.115. The number of aromatic nitrogens is 1. The van der Waals surface area contributed by atoms with Gasteiger partial charge in [-0.3, -0.25) is 9.78 Å². The van der Waals surface area contributed by atoms with Crippen molar-refractivity contribution in [1.82, 2.24) is 4.98 Å². The Morgan fingerprint density at radius 3 is 2.19 bits per heavy atom. The second kappa shape index (κ2) is 10.8. The van der Waals surface area contributed by atoms with Crippen LogP contribution < -0.4 is 20.7 Å². The number of halogens is 3. The fourth-order valence-electron chi connectivity index (χ4n) is 3.67. The summed E-state index contributed by atoms with van der Waals surface area (Å²) in [5.41, 5.74) is -0.727. The second-order valence-electron chi connectivity index (χ2n) is 7.81. The molecule has 0 bridgehead atoms. The van der Waals surface area contributed by atoms with E-state index in [-0.39, 0.29) is 16.3 Å².